The van der Waals surface area contributed by atoms with Crippen molar-refractivity contribution >= 4 is 29.3 Å². The van der Waals surface area contributed by atoms with Gasteiger partial charge in [0.1, 0.15) is 0 Å². The van der Waals surface area contributed by atoms with Crippen LogP contribution in [0.5, 0.6) is 0 Å². The number of hydrogen-bond acceptors (Lipinski definition) is 3. The molecule has 0 spiro atoms. The Balaban J connectivity index is 1.82. The van der Waals surface area contributed by atoms with Crippen LogP contribution in [-0.2, 0) is 4.79 Å². The molecule has 0 N–H and O–H groups in total. The van der Waals surface area contributed by atoms with Crippen LogP contribution < -0.4 is 0 Å². The Morgan fingerprint density at radius 2 is 1.62 bits per heavy atom. The molecule has 1 aliphatic heterocycles. The fourth-order valence-electron chi connectivity index (χ4n) is 2.12. The van der Waals surface area contributed by atoms with E-state index in [4.69, 9.17) is 0 Å². The second kappa shape index (κ2) is 4.74. The molecule has 1 nitrogen and oxygen atoms in total. The van der Waals surface area contributed by atoms with Gasteiger partial charge in [-0.05, 0) is 18.8 Å². The highest BCUT2D eigenvalue weighted by molar-refractivity contribution is 8.18. The number of thioether (sulfide) groups is 2. The van der Waals surface area contributed by atoms with Crippen LogP contribution in [-0.4, -0.2) is 21.9 Å². The van der Waals surface area contributed by atoms with Crippen LogP contribution in [0.3, 0.4) is 0 Å². The molecule has 1 saturated heterocycles. The van der Waals surface area contributed by atoms with Gasteiger partial charge in [-0.25, -0.2) is 0 Å². The first kappa shape index (κ1) is 9.91. The van der Waals surface area contributed by atoms with E-state index in [2.05, 4.69) is 0 Å². The first-order chi connectivity index (χ1) is 6.36. The fourth-order valence-corrected chi connectivity index (χ4v) is 5.03. The second-order valence-corrected chi connectivity index (χ2v) is 6.49. The predicted molar refractivity (Wildman–Crippen MR) is 60.3 cm³/mol. The average Bonchev–Trinajstić information content (AvgIpc) is 2.20. The molecule has 1 saturated carbocycles. The van der Waals surface area contributed by atoms with E-state index < -0.39 is 0 Å². The topological polar surface area (TPSA) is 17.1 Å². The van der Waals surface area contributed by atoms with Gasteiger partial charge in [0.05, 0.1) is 16.1 Å². The van der Waals surface area contributed by atoms with Gasteiger partial charge in [0.25, 0.3) is 0 Å². The molecule has 2 aliphatic rings. The fraction of sp³-hybridized carbons (Fsp3) is 0.900. The molecular weight excluding hydrogens is 200 g/mol. The Labute approximate surface area is 88.4 Å². The minimum absolute atomic E-state index is 0.432. The quantitative estimate of drug-likeness (QED) is 0.671. The Morgan fingerprint density at radius 1 is 1.00 bits per heavy atom. The molecular formula is C10H16OS2. The zero-order valence-corrected chi connectivity index (χ0v) is 9.46. The summed E-state index contributed by atoms with van der Waals surface area (Å²) in [6, 6.07) is 0. The summed E-state index contributed by atoms with van der Waals surface area (Å²) in [5.74, 6) is 2.88. The van der Waals surface area contributed by atoms with Gasteiger partial charge < -0.3 is 0 Å². The molecule has 0 atom stereocenters. The van der Waals surface area contributed by atoms with Crippen molar-refractivity contribution in [2.45, 2.75) is 36.7 Å². The lowest BCUT2D eigenvalue weighted by molar-refractivity contribution is -0.114. The van der Waals surface area contributed by atoms with E-state index in [9.17, 15) is 4.79 Å². The van der Waals surface area contributed by atoms with Gasteiger partial charge in [0.2, 0.25) is 0 Å². The second-order valence-electron chi connectivity index (χ2n) is 3.93. The van der Waals surface area contributed by atoms with Gasteiger partial charge in [-0.3, -0.25) is 4.79 Å². The summed E-state index contributed by atoms with van der Waals surface area (Å²) in [7, 11) is 0. The monoisotopic (exact) mass is 216 g/mol. The largest absolute Gasteiger partial charge is 0.298 e. The molecule has 0 bridgehead atoms. The number of ketones is 1. The zero-order valence-electron chi connectivity index (χ0n) is 7.83. The molecule has 0 unspecified atom stereocenters. The molecule has 0 aromatic heterocycles. The number of rotatable bonds is 1. The summed E-state index contributed by atoms with van der Waals surface area (Å²) in [5, 5.41) is 0. The zero-order chi connectivity index (χ0) is 9.10. The molecule has 2 fully saturated rings. The molecule has 1 heterocycles. The van der Waals surface area contributed by atoms with E-state index >= 15 is 0 Å². The van der Waals surface area contributed by atoms with Crippen LogP contribution in [0.2, 0.25) is 0 Å². The average molecular weight is 216 g/mol. The molecule has 0 aromatic carbocycles. The van der Waals surface area contributed by atoms with Crippen LogP contribution in [0.1, 0.15) is 32.1 Å². The van der Waals surface area contributed by atoms with Gasteiger partial charge in [-0.2, -0.15) is 0 Å². The van der Waals surface area contributed by atoms with Crippen molar-refractivity contribution in [1.82, 2.24) is 0 Å². The van der Waals surface area contributed by atoms with Crippen molar-refractivity contribution in [3.05, 3.63) is 0 Å². The number of carbonyl (C=O) groups is 1. The lowest BCUT2D eigenvalue weighted by atomic mass is 9.91. The lowest BCUT2D eigenvalue weighted by Gasteiger charge is -2.31. The highest BCUT2D eigenvalue weighted by atomic mass is 32.2. The van der Waals surface area contributed by atoms with E-state index in [1.807, 2.05) is 23.5 Å². The van der Waals surface area contributed by atoms with Crippen molar-refractivity contribution in [2.75, 3.05) is 11.5 Å². The van der Waals surface area contributed by atoms with Gasteiger partial charge in [0.15, 0.2) is 5.78 Å². The minimum Gasteiger partial charge on any atom is -0.298 e. The van der Waals surface area contributed by atoms with Crippen molar-refractivity contribution < 1.29 is 4.79 Å². The smallest absolute Gasteiger partial charge is 0.152 e. The van der Waals surface area contributed by atoms with Crippen LogP contribution in [0.25, 0.3) is 0 Å². The third-order valence-corrected chi connectivity index (χ3v) is 6.07. The summed E-state index contributed by atoms with van der Waals surface area (Å²) in [4.78, 5) is 11.0. The molecule has 3 heteroatoms. The van der Waals surface area contributed by atoms with Gasteiger partial charge in [0, 0.05) is 0 Å². The molecule has 0 amide bonds. The van der Waals surface area contributed by atoms with Gasteiger partial charge >= 0.3 is 0 Å². The van der Waals surface area contributed by atoms with E-state index in [0.29, 0.717) is 5.78 Å². The Morgan fingerprint density at radius 3 is 2.23 bits per heavy atom. The summed E-state index contributed by atoms with van der Waals surface area (Å²) in [6.07, 6.45) is 7.06. The number of hydrogen-bond donors (Lipinski definition) is 0. The van der Waals surface area contributed by atoms with Crippen molar-refractivity contribution in [2.24, 2.45) is 5.92 Å². The van der Waals surface area contributed by atoms with E-state index in [1.165, 1.54) is 32.1 Å². The molecule has 13 heavy (non-hydrogen) atoms. The summed E-state index contributed by atoms with van der Waals surface area (Å²) in [6.45, 7) is 0. The van der Waals surface area contributed by atoms with E-state index in [1.54, 1.807) is 0 Å². The Kier molecular flexibility index (Phi) is 3.61. The van der Waals surface area contributed by atoms with Crippen LogP contribution in [0, 0.1) is 5.92 Å². The normalized spacial score (nSPS) is 27.8. The first-order valence-electron chi connectivity index (χ1n) is 5.11. The molecule has 74 valence electrons. The summed E-state index contributed by atoms with van der Waals surface area (Å²) < 4.78 is 0.734. The summed E-state index contributed by atoms with van der Waals surface area (Å²) in [5.41, 5.74) is 0. The van der Waals surface area contributed by atoms with Crippen molar-refractivity contribution in [3.8, 4) is 0 Å². The van der Waals surface area contributed by atoms with Crippen molar-refractivity contribution in [3.63, 3.8) is 0 Å². The van der Waals surface area contributed by atoms with Crippen LogP contribution in [0.4, 0.5) is 0 Å². The molecule has 0 aromatic rings. The van der Waals surface area contributed by atoms with Crippen LogP contribution >= 0.6 is 23.5 Å². The Hall–Kier alpha value is 0.370. The first-order valence-corrected chi connectivity index (χ1v) is 7.21. The third kappa shape index (κ3) is 2.66. The number of carbonyl (C=O) groups excluding carboxylic acids is 1. The Bertz CT molecular complexity index is 177. The maximum atomic E-state index is 11.0. The number of Topliss-reactive ketones (excluding diaryl/α,β-unsaturated/α-hetero) is 1. The van der Waals surface area contributed by atoms with E-state index in [-0.39, 0.29) is 0 Å². The summed E-state index contributed by atoms with van der Waals surface area (Å²) >= 11 is 3.78. The maximum absolute atomic E-state index is 11.0. The molecule has 0 radical (unpaired) electrons. The highest BCUT2D eigenvalue weighted by Gasteiger charge is 2.28. The predicted octanol–water partition coefficient (Wildman–Crippen LogP) is 2.94. The highest BCUT2D eigenvalue weighted by Crippen LogP contribution is 2.41. The van der Waals surface area contributed by atoms with Gasteiger partial charge in [-0.15, -0.1) is 23.5 Å². The van der Waals surface area contributed by atoms with Gasteiger partial charge in [-0.1, -0.05) is 19.3 Å². The minimum atomic E-state index is 0.432. The standard InChI is InChI=1S/C10H16OS2/c11-9-6-12-10(13-7-9)8-4-2-1-3-5-8/h8,10H,1-7H2. The third-order valence-electron chi connectivity index (χ3n) is 2.85. The van der Waals surface area contributed by atoms with E-state index in [0.717, 1.165) is 22.0 Å². The molecule has 1 aliphatic carbocycles. The maximum Gasteiger partial charge on any atom is 0.152 e. The van der Waals surface area contributed by atoms with Crippen LogP contribution in [0.15, 0.2) is 0 Å². The SMILES string of the molecule is O=C1CSC(C2CCCCC2)SC1. The van der Waals surface area contributed by atoms with Crippen molar-refractivity contribution in [1.29, 1.82) is 0 Å². The lowest BCUT2D eigenvalue weighted by Crippen LogP contribution is -2.24. The molecule has 2 rings (SSSR count).